The quantitative estimate of drug-likeness (QED) is 0.758. The molecule has 0 aromatic heterocycles. The molecule has 17 heavy (non-hydrogen) atoms. The lowest BCUT2D eigenvalue weighted by atomic mass is 9.78. The van der Waals surface area contributed by atoms with Crippen LogP contribution >= 0.6 is 27.5 Å². The van der Waals surface area contributed by atoms with Crippen molar-refractivity contribution in [1.82, 2.24) is 0 Å². The van der Waals surface area contributed by atoms with Crippen molar-refractivity contribution in [3.05, 3.63) is 34.6 Å². The number of benzene rings is 1. The summed E-state index contributed by atoms with van der Waals surface area (Å²) in [5.41, 5.74) is 0.890. The van der Waals surface area contributed by atoms with E-state index in [9.17, 15) is 4.39 Å². The summed E-state index contributed by atoms with van der Waals surface area (Å²) in [6.45, 7) is 2.83. The molecular formula is C13H15BrClFO. The molecule has 1 saturated heterocycles. The first-order valence-corrected chi connectivity index (χ1v) is 7.19. The molecule has 0 amide bonds. The minimum atomic E-state index is -0.347. The first kappa shape index (κ1) is 13.3. The average molecular weight is 322 g/mol. The summed E-state index contributed by atoms with van der Waals surface area (Å²) >= 11 is 9.56. The normalized spacial score (nSPS) is 28.6. The number of ether oxygens (including phenoxy) is 1. The van der Waals surface area contributed by atoms with E-state index in [0.717, 1.165) is 30.3 Å². The number of hydrogen-bond acceptors (Lipinski definition) is 1. The third kappa shape index (κ3) is 2.51. The van der Waals surface area contributed by atoms with E-state index in [1.165, 1.54) is 6.07 Å². The van der Waals surface area contributed by atoms with Crippen molar-refractivity contribution in [2.24, 2.45) is 5.41 Å². The van der Waals surface area contributed by atoms with E-state index >= 15 is 0 Å². The first-order valence-electron chi connectivity index (χ1n) is 5.69. The van der Waals surface area contributed by atoms with Gasteiger partial charge in [-0.05, 0) is 31.4 Å². The Bertz CT molecular complexity index is 412. The van der Waals surface area contributed by atoms with E-state index in [0.29, 0.717) is 0 Å². The summed E-state index contributed by atoms with van der Waals surface area (Å²) in [6, 6.07) is 4.99. The fourth-order valence-electron chi connectivity index (χ4n) is 2.34. The summed E-state index contributed by atoms with van der Waals surface area (Å²) in [4.78, 5) is 0. The van der Waals surface area contributed by atoms with Gasteiger partial charge in [0.2, 0.25) is 0 Å². The highest BCUT2D eigenvalue weighted by molar-refractivity contribution is 9.09. The lowest BCUT2D eigenvalue weighted by molar-refractivity contribution is 0.0746. The van der Waals surface area contributed by atoms with E-state index in [1.807, 2.05) is 6.07 Å². The van der Waals surface area contributed by atoms with Crippen LogP contribution in [0.15, 0.2) is 18.2 Å². The monoisotopic (exact) mass is 320 g/mol. The second kappa shape index (κ2) is 5.25. The summed E-state index contributed by atoms with van der Waals surface area (Å²) in [7, 11) is 0. The smallest absolute Gasteiger partial charge is 0.142 e. The van der Waals surface area contributed by atoms with Crippen molar-refractivity contribution >= 4 is 27.5 Å². The maximum absolute atomic E-state index is 13.4. The van der Waals surface area contributed by atoms with Crippen molar-refractivity contribution < 1.29 is 9.13 Å². The zero-order valence-corrected chi connectivity index (χ0v) is 12.0. The highest BCUT2D eigenvalue weighted by Crippen LogP contribution is 2.41. The molecule has 2 rings (SSSR count). The molecule has 1 aromatic rings. The fraction of sp³-hybridized carbons (Fsp3) is 0.538. The van der Waals surface area contributed by atoms with Crippen LogP contribution in [-0.2, 0) is 11.2 Å². The van der Waals surface area contributed by atoms with Gasteiger partial charge >= 0.3 is 0 Å². The Morgan fingerprint density at radius 1 is 1.59 bits per heavy atom. The molecule has 1 aliphatic heterocycles. The molecular weight excluding hydrogens is 306 g/mol. The molecule has 0 N–H and O–H groups in total. The maximum atomic E-state index is 13.4. The van der Waals surface area contributed by atoms with Crippen molar-refractivity contribution in [2.75, 3.05) is 11.9 Å². The molecule has 0 bridgehead atoms. The maximum Gasteiger partial charge on any atom is 0.142 e. The van der Waals surface area contributed by atoms with Gasteiger partial charge in [0.25, 0.3) is 0 Å². The van der Waals surface area contributed by atoms with Crippen molar-refractivity contribution in [2.45, 2.75) is 25.9 Å². The van der Waals surface area contributed by atoms with E-state index in [-0.39, 0.29) is 22.4 Å². The SMILES string of the molecule is CC1OCCC1(CBr)Cc1cccc(F)c1Cl. The molecule has 1 nitrogen and oxygen atoms in total. The number of alkyl halides is 1. The van der Waals surface area contributed by atoms with Crippen LogP contribution in [0.5, 0.6) is 0 Å². The van der Waals surface area contributed by atoms with Gasteiger partial charge in [0.05, 0.1) is 11.1 Å². The molecule has 1 heterocycles. The summed E-state index contributed by atoms with van der Waals surface area (Å²) in [5, 5.41) is 1.08. The Balaban J connectivity index is 2.27. The van der Waals surface area contributed by atoms with Crippen LogP contribution in [0.3, 0.4) is 0 Å². The third-order valence-electron chi connectivity index (χ3n) is 3.67. The Morgan fingerprint density at radius 2 is 2.35 bits per heavy atom. The molecule has 1 aliphatic rings. The molecule has 0 radical (unpaired) electrons. The first-order chi connectivity index (χ1) is 8.09. The predicted molar refractivity (Wildman–Crippen MR) is 71.4 cm³/mol. The molecule has 0 spiro atoms. The molecule has 1 aromatic carbocycles. The Morgan fingerprint density at radius 3 is 2.94 bits per heavy atom. The van der Waals surface area contributed by atoms with Crippen molar-refractivity contribution in [3.8, 4) is 0 Å². The lowest BCUT2D eigenvalue weighted by Gasteiger charge is -2.30. The Labute approximate surface area is 114 Å². The Hall–Kier alpha value is -0.120. The molecule has 0 aliphatic carbocycles. The summed E-state index contributed by atoms with van der Waals surface area (Å²) < 4.78 is 19.0. The number of halogens is 3. The van der Waals surface area contributed by atoms with E-state index in [1.54, 1.807) is 6.07 Å². The van der Waals surface area contributed by atoms with Crippen LogP contribution in [0, 0.1) is 11.2 Å². The topological polar surface area (TPSA) is 9.23 Å². The van der Waals surface area contributed by atoms with E-state index in [4.69, 9.17) is 16.3 Å². The molecule has 1 fully saturated rings. The second-order valence-corrected chi connectivity index (χ2v) is 5.59. The minimum absolute atomic E-state index is 0.0252. The zero-order valence-electron chi connectivity index (χ0n) is 9.68. The Kier molecular flexibility index (Phi) is 4.11. The van der Waals surface area contributed by atoms with Crippen LogP contribution in [-0.4, -0.2) is 18.0 Å². The van der Waals surface area contributed by atoms with Gasteiger partial charge in [0, 0.05) is 17.4 Å². The molecule has 2 unspecified atom stereocenters. The van der Waals surface area contributed by atoms with Crippen LogP contribution < -0.4 is 0 Å². The van der Waals surface area contributed by atoms with Crippen LogP contribution in [0.1, 0.15) is 18.9 Å². The van der Waals surface area contributed by atoms with Gasteiger partial charge in [0.15, 0.2) is 0 Å². The largest absolute Gasteiger partial charge is 0.378 e. The molecule has 94 valence electrons. The standard InChI is InChI=1S/C13H15BrClFO/c1-9-13(8-14,5-6-17-9)7-10-3-2-4-11(16)12(10)15/h2-4,9H,5-8H2,1H3. The molecule has 4 heteroatoms. The van der Waals surface area contributed by atoms with E-state index < -0.39 is 0 Å². The van der Waals surface area contributed by atoms with Crippen LogP contribution in [0.25, 0.3) is 0 Å². The highest BCUT2D eigenvalue weighted by atomic mass is 79.9. The van der Waals surface area contributed by atoms with Crippen LogP contribution in [0.2, 0.25) is 5.02 Å². The lowest BCUT2D eigenvalue weighted by Crippen LogP contribution is -2.33. The molecule has 0 saturated carbocycles. The fourth-order valence-corrected chi connectivity index (χ4v) is 3.47. The highest BCUT2D eigenvalue weighted by Gasteiger charge is 2.41. The third-order valence-corrected chi connectivity index (χ3v) is 5.21. The summed E-state index contributed by atoms with van der Waals surface area (Å²) in [5.74, 6) is -0.347. The zero-order chi connectivity index (χ0) is 12.5. The van der Waals surface area contributed by atoms with Gasteiger partial charge in [-0.25, -0.2) is 4.39 Å². The second-order valence-electron chi connectivity index (χ2n) is 4.65. The van der Waals surface area contributed by atoms with Gasteiger partial charge in [-0.3, -0.25) is 0 Å². The van der Waals surface area contributed by atoms with Gasteiger partial charge < -0.3 is 4.74 Å². The van der Waals surface area contributed by atoms with Gasteiger partial charge in [-0.1, -0.05) is 39.7 Å². The van der Waals surface area contributed by atoms with Gasteiger partial charge in [-0.2, -0.15) is 0 Å². The minimum Gasteiger partial charge on any atom is -0.378 e. The van der Waals surface area contributed by atoms with E-state index in [2.05, 4.69) is 22.9 Å². The van der Waals surface area contributed by atoms with Crippen molar-refractivity contribution in [1.29, 1.82) is 0 Å². The number of rotatable bonds is 3. The average Bonchev–Trinajstić information content (AvgIpc) is 2.67. The molecule has 2 atom stereocenters. The van der Waals surface area contributed by atoms with Crippen LogP contribution in [0.4, 0.5) is 4.39 Å². The van der Waals surface area contributed by atoms with Gasteiger partial charge in [-0.15, -0.1) is 0 Å². The van der Waals surface area contributed by atoms with Crippen molar-refractivity contribution in [3.63, 3.8) is 0 Å². The predicted octanol–water partition coefficient (Wildman–Crippen LogP) is 4.21. The number of hydrogen-bond donors (Lipinski definition) is 0. The van der Waals surface area contributed by atoms with Gasteiger partial charge in [0.1, 0.15) is 5.82 Å². The summed E-state index contributed by atoms with van der Waals surface area (Å²) in [6.07, 6.45) is 1.89.